The zero-order valence-corrected chi connectivity index (χ0v) is 11.6. The SMILES string of the molecule is Cc1ccc(OCc2ccccc2Br)c(C)c1. The van der Waals surface area contributed by atoms with Crippen molar-refractivity contribution in [3.05, 3.63) is 63.6 Å². The summed E-state index contributed by atoms with van der Waals surface area (Å²) in [5.74, 6) is 0.950. The van der Waals surface area contributed by atoms with E-state index in [0.717, 1.165) is 15.8 Å². The summed E-state index contributed by atoms with van der Waals surface area (Å²) < 4.78 is 6.92. The van der Waals surface area contributed by atoms with Crippen LogP contribution in [0.15, 0.2) is 46.9 Å². The van der Waals surface area contributed by atoms with Gasteiger partial charge in [-0.1, -0.05) is 51.8 Å². The van der Waals surface area contributed by atoms with Crippen molar-refractivity contribution in [2.75, 3.05) is 0 Å². The minimum atomic E-state index is 0.589. The molecule has 0 saturated carbocycles. The third-order valence-electron chi connectivity index (χ3n) is 2.67. The molecule has 1 nitrogen and oxygen atoms in total. The van der Waals surface area contributed by atoms with Gasteiger partial charge in [-0.05, 0) is 31.5 Å². The monoisotopic (exact) mass is 290 g/mol. The number of aryl methyl sites for hydroxylation is 2. The molecule has 0 amide bonds. The van der Waals surface area contributed by atoms with Crippen LogP contribution in [-0.2, 0) is 6.61 Å². The molecule has 0 aromatic heterocycles. The average molecular weight is 291 g/mol. The Labute approximate surface area is 111 Å². The van der Waals surface area contributed by atoms with Gasteiger partial charge < -0.3 is 4.74 Å². The van der Waals surface area contributed by atoms with Gasteiger partial charge in [-0.15, -0.1) is 0 Å². The van der Waals surface area contributed by atoms with Crippen molar-refractivity contribution in [1.82, 2.24) is 0 Å². The minimum absolute atomic E-state index is 0.589. The van der Waals surface area contributed by atoms with Crippen LogP contribution >= 0.6 is 15.9 Å². The standard InChI is InChI=1S/C15H15BrO/c1-11-7-8-15(12(2)9-11)17-10-13-5-3-4-6-14(13)16/h3-9H,10H2,1-2H3. The van der Waals surface area contributed by atoms with Crippen molar-refractivity contribution < 1.29 is 4.74 Å². The summed E-state index contributed by atoms with van der Waals surface area (Å²) >= 11 is 3.52. The van der Waals surface area contributed by atoms with Crippen LogP contribution in [0.3, 0.4) is 0 Å². The molecule has 0 radical (unpaired) electrons. The number of hydrogen-bond acceptors (Lipinski definition) is 1. The van der Waals surface area contributed by atoms with Gasteiger partial charge in [0.05, 0.1) is 0 Å². The van der Waals surface area contributed by atoms with E-state index in [9.17, 15) is 0 Å². The lowest BCUT2D eigenvalue weighted by Crippen LogP contribution is -1.97. The smallest absolute Gasteiger partial charge is 0.122 e. The maximum absolute atomic E-state index is 5.83. The first-order chi connectivity index (χ1) is 8.16. The highest BCUT2D eigenvalue weighted by Crippen LogP contribution is 2.22. The lowest BCUT2D eigenvalue weighted by atomic mass is 10.1. The average Bonchev–Trinajstić information content (AvgIpc) is 2.30. The van der Waals surface area contributed by atoms with E-state index in [-0.39, 0.29) is 0 Å². The second-order valence-corrected chi connectivity index (χ2v) is 5.00. The molecule has 0 aliphatic rings. The Morgan fingerprint density at radius 3 is 2.53 bits per heavy atom. The van der Waals surface area contributed by atoms with Crippen LogP contribution in [0.5, 0.6) is 5.75 Å². The molecular formula is C15H15BrO. The summed E-state index contributed by atoms with van der Waals surface area (Å²) in [6, 6.07) is 14.4. The van der Waals surface area contributed by atoms with Crippen LogP contribution in [0.1, 0.15) is 16.7 Å². The fourth-order valence-corrected chi connectivity index (χ4v) is 2.13. The lowest BCUT2D eigenvalue weighted by molar-refractivity contribution is 0.303. The fraction of sp³-hybridized carbons (Fsp3) is 0.200. The normalized spacial score (nSPS) is 10.3. The number of rotatable bonds is 3. The highest BCUT2D eigenvalue weighted by Gasteiger charge is 2.02. The molecular weight excluding hydrogens is 276 g/mol. The maximum Gasteiger partial charge on any atom is 0.122 e. The first kappa shape index (κ1) is 12.2. The molecule has 0 aliphatic heterocycles. The molecule has 0 saturated heterocycles. The quantitative estimate of drug-likeness (QED) is 0.800. The van der Waals surface area contributed by atoms with Gasteiger partial charge in [0.15, 0.2) is 0 Å². The van der Waals surface area contributed by atoms with E-state index in [1.807, 2.05) is 24.3 Å². The van der Waals surface area contributed by atoms with Crippen LogP contribution < -0.4 is 4.74 Å². The second-order valence-electron chi connectivity index (χ2n) is 4.15. The zero-order chi connectivity index (χ0) is 12.3. The van der Waals surface area contributed by atoms with Gasteiger partial charge in [-0.25, -0.2) is 0 Å². The van der Waals surface area contributed by atoms with E-state index in [1.54, 1.807) is 0 Å². The Morgan fingerprint density at radius 2 is 1.82 bits per heavy atom. The first-order valence-corrected chi connectivity index (χ1v) is 6.39. The van der Waals surface area contributed by atoms with Crippen molar-refractivity contribution in [1.29, 1.82) is 0 Å². The first-order valence-electron chi connectivity index (χ1n) is 5.60. The van der Waals surface area contributed by atoms with Gasteiger partial charge in [0.1, 0.15) is 12.4 Å². The number of halogens is 1. The number of ether oxygens (including phenoxy) is 1. The minimum Gasteiger partial charge on any atom is -0.489 e. The molecule has 88 valence electrons. The molecule has 0 atom stereocenters. The maximum atomic E-state index is 5.83. The molecule has 2 aromatic carbocycles. The molecule has 0 spiro atoms. The van der Waals surface area contributed by atoms with E-state index in [2.05, 4.69) is 48.0 Å². The van der Waals surface area contributed by atoms with Crippen LogP contribution in [-0.4, -0.2) is 0 Å². The molecule has 2 heteroatoms. The molecule has 2 rings (SSSR count). The zero-order valence-electron chi connectivity index (χ0n) is 10.0. The van der Waals surface area contributed by atoms with Crippen molar-refractivity contribution in [2.24, 2.45) is 0 Å². The van der Waals surface area contributed by atoms with Crippen molar-refractivity contribution in [3.8, 4) is 5.75 Å². The summed E-state index contributed by atoms with van der Waals surface area (Å²) in [6.45, 7) is 4.75. The molecule has 0 aliphatic carbocycles. The molecule has 0 N–H and O–H groups in total. The summed E-state index contributed by atoms with van der Waals surface area (Å²) in [4.78, 5) is 0. The van der Waals surface area contributed by atoms with Crippen LogP contribution in [0.4, 0.5) is 0 Å². The third-order valence-corrected chi connectivity index (χ3v) is 3.45. The summed E-state index contributed by atoms with van der Waals surface area (Å²) in [7, 11) is 0. The summed E-state index contributed by atoms with van der Waals surface area (Å²) in [5, 5.41) is 0. The van der Waals surface area contributed by atoms with E-state index in [1.165, 1.54) is 11.1 Å². The Hall–Kier alpha value is -1.28. The van der Waals surface area contributed by atoms with E-state index >= 15 is 0 Å². The Bertz CT molecular complexity index is 520. The van der Waals surface area contributed by atoms with E-state index in [4.69, 9.17) is 4.74 Å². The largest absolute Gasteiger partial charge is 0.489 e. The van der Waals surface area contributed by atoms with Crippen molar-refractivity contribution in [3.63, 3.8) is 0 Å². The highest BCUT2D eigenvalue weighted by atomic mass is 79.9. The Morgan fingerprint density at radius 1 is 1.06 bits per heavy atom. The van der Waals surface area contributed by atoms with Gasteiger partial charge >= 0.3 is 0 Å². The van der Waals surface area contributed by atoms with Crippen molar-refractivity contribution >= 4 is 15.9 Å². The highest BCUT2D eigenvalue weighted by molar-refractivity contribution is 9.10. The topological polar surface area (TPSA) is 9.23 Å². The second kappa shape index (κ2) is 5.37. The third kappa shape index (κ3) is 3.10. The number of hydrogen-bond donors (Lipinski definition) is 0. The predicted molar refractivity (Wildman–Crippen MR) is 74.4 cm³/mol. The molecule has 0 bridgehead atoms. The van der Waals surface area contributed by atoms with Gasteiger partial charge in [0, 0.05) is 10.0 Å². The molecule has 17 heavy (non-hydrogen) atoms. The van der Waals surface area contributed by atoms with Gasteiger partial charge in [0.2, 0.25) is 0 Å². The van der Waals surface area contributed by atoms with Crippen LogP contribution in [0, 0.1) is 13.8 Å². The van der Waals surface area contributed by atoms with Crippen molar-refractivity contribution in [2.45, 2.75) is 20.5 Å². The molecule has 0 fully saturated rings. The summed E-state index contributed by atoms with van der Waals surface area (Å²) in [6.07, 6.45) is 0. The summed E-state index contributed by atoms with van der Waals surface area (Å²) in [5.41, 5.74) is 3.60. The molecule has 0 unspecified atom stereocenters. The lowest BCUT2D eigenvalue weighted by Gasteiger charge is -2.10. The number of benzene rings is 2. The van der Waals surface area contributed by atoms with E-state index < -0.39 is 0 Å². The van der Waals surface area contributed by atoms with Gasteiger partial charge in [-0.3, -0.25) is 0 Å². The van der Waals surface area contributed by atoms with Crippen LogP contribution in [0.2, 0.25) is 0 Å². The molecule has 2 aromatic rings. The molecule has 0 heterocycles. The Balaban J connectivity index is 2.10. The van der Waals surface area contributed by atoms with Gasteiger partial charge in [0.25, 0.3) is 0 Å². The predicted octanol–water partition coefficient (Wildman–Crippen LogP) is 4.64. The van der Waals surface area contributed by atoms with E-state index in [0.29, 0.717) is 6.61 Å². The fourth-order valence-electron chi connectivity index (χ4n) is 1.73. The van der Waals surface area contributed by atoms with Gasteiger partial charge in [-0.2, -0.15) is 0 Å². The van der Waals surface area contributed by atoms with Crippen LogP contribution in [0.25, 0.3) is 0 Å². The Kier molecular flexibility index (Phi) is 3.85.